The number of amides is 1. The first-order valence-corrected chi connectivity index (χ1v) is 12.1. The van der Waals surface area contributed by atoms with Gasteiger partial charge in [0.2, 0.25) is 5.92 Å². The van der Waals surface area contributed by atoms with E-state index in [4.69, 9.17) is 11.6 Å². The molecular weight excluding hydrogens is 491 g/mol. The predicted molar refractivity (Wildman–Crippen MR) is 111 cm³/mol. The van der Waals surface area contributed by atoms with Crippen LogP contribution in [0.25, 0.3) is 0 Å². The van der Waals surface area contributed by atoms with Crippen molar-refractivity contribution in [3.63, 3.8) is 0 Å². The van der Waals surface area contributed by atoms with E-state index in [0.717, 1.165) is 24.6 Å². The van der Waals surface area contributed by atoms with Crippen LogP contribution in [0.3, 0.4) is 0 Å². The van der Waals surface area contributed by atoms with E-state index < -0.39 is 51.8 Å². The van der Waals surface area contributed by atoms with Crippen LogP contribution in [0.15, 0.2) is 41.4 Å². The standard InChI is InChI=1S/C21H20ClF5N2O3S/c1-33(31,32)14-3-4-15(16(22)10-14)18(30)29-12-19(6-8-20(23,24)9-7-19)13-2-5-17(28-11-13)21(25,26)27/h2-5,10-11H,6-9,12H2,1H3,(H,29,30). The van der Waals surface area contributed by atoms with Crippen LogP contribution < -0.4 is 5.32 Å². The van der Waals surface area contributed by atoms with Gasteiger partial charge in [0.25, 0.3) is 5.91 Å². The highest BCUT2D eigenvalue weighted by molar-refractivity contribution is 7.90. The molecule has 1 saturated carbocycles. The summed E-state index contributed by atoms with van der Waals surface area (Å²) in [6.45, 7) is -0.140. The van der Waals surface area contributed by atoms with Gasteiger partial charge in [0, 0.05) is 37.3 Å². The predicted octanol–water partition coefficient (Wildman–Crippen LogP) is 5.03. The number of pyridine rings is 1. The zero-order valence-corrected chi connectivity index (χ0v) is 18.9. The first-order chi connectivity index (χ1) is 15.1. The lowest BCUT2D eigenvalue weighted by Gasteiger charge is -2.40. The number of aromatic nitrogens is 1. The van der Waals surface area contributed by atoms with E-state index in [-0.39, 0.29) is 34.9 Å². The molecule has 1 aromatic carbocycles. The van der Waals surface area contributed by atoms with Crippen molar-refractivity contribution in [3.05, 3.63) is 58.4 Å². The fraction of sp³-hybridized carbons (Fsp3) is 0.429. The molecule has 0 saturated heterocycles. The number of hydrogen-bond acceptors (Lipinski definition) is 4. The molecule has 1 fully saturated rings. The quantitative estimate of drug-likeness (QED) is 0.572. The minimum atomic E-state index is -4.64. The topological polar surface area (TPSA) is 76.1 Å². The molecule has 1 aliphatic carbocycles. The Morgan fingerprint density at radius 3 is 2.24 bits per heavy atom. The summed E-state index contributed by atoms with van der Waals surface area (Å²) >= 11 is 6.06. The van der Waals surface area contributed by atoms with Crippen molar-refractivity contribution in [1.82, 2.24) is 10.3 Å². The number of halogens is 6. The van der Waals surface area contributed by atoms with Gasteiger partial charge in [0.1, 0.15) is 5.69 Å². The molecule has 0 atom stereocenters. The minimum absolute atomic E-state index is 0.0223. The number of alkyl halides is 5. The lowest BCUT2D eigenvalue weighted by molar-refractivity contribution is -0.141. The van der Waals surface area contributed by atoms with E-state index in [9.17, 15) is 35.2 Å². The third-order valence-corrected chi connectivity index (χ3v) is 7.23. The normalized spacial score (nSPS) is 18.0. The van der Waals surface area contributed by atoms with Crippen molar-refractivity contribution in [2.24, 2.45) is 0 Å². The molecule has 1 amide bonds. The van der Waals surface area contributed by atoms with Gasteiger partial charge in [-0.2, -0.15) is 13.2 Å². The number of nitrogens with one attached hydrogen (secondary N) is 1. The Morgan fingerprint density at radius 1 is 1.12 bits per heavy atom. The monoisotopic (exact) mass is 510 g/mol. The van der Waals surface area contributed by atoms with Crippen LogP contribution in [0.4, 0.5) is 22.0 Å². The fourth-order valence-corrected chi connectivity index (χ4v) is 4.77. The summed E-state index contributed by atoms with van der Waals surface area (Å²) in [6, 6.07) is 5.55. The molecule has 2 aromatic rings. The molecule has 1 aromatic heterocycles. The second kappa shape index (κ2) is 8.83. The highest BCUT2D eigenvalue weighted by Gasteiger charge is 2.45. The number of carbonyl (C=O) groups is 1. The van der Waals surface area contributed by atoms with Crippen LogP contribution in [-0.4, -0.2) is 38.0 Å². The second-order valence-electron chi connectivity index (χ2n) is 8.16. The molecule has 0 radical (unpaired) electrons. The highest BCUT2D eigenvalue weighted by Crippen LogP contribution is 2.45. The Kier molecular flexibility index (Phi) is 6.78. The molecule has 0 unspecified atom stereocenters. The van der Waals surface area contributed by atoms with Crippen LogP contribution >= 0.6 is 11.6 Å². The highest BCUT2D eigenvalue weighted by atomic mass is 35.5. The van der Waals surface area contributed by atoms with Gasteiger partial charge >= 0.3 is 6.18 Å². The minimum Gasteiger partial charge on any atom is -0.351 e. The summed E-state index contributed by atoms with van der Waals surface area (Å²) in [6.07, 6.45) is -3.79. The van der Waals surface area contributed by atoms with Crippen LogP contribution in [0, 0.1) is 0 Å². The maximum Gasteiger partial charge on any atom is 0.433 e. The summed E-state index contributed by atoms with van der Waals surface area (Å²) in [4.78, 5) is 16.1. The fourth-order valence-electron chi connectivity index (χ4n) is 3.79. The molecule has 5 nitrogen and oxygen atoms in total. The lowest BCUT2D eigenvalue weighted by atomic mass is 9.68. The van der Waals surface area contributed by atoms with Gasteiger partial charge in [-0.05, 0) is 42.7 Å². The number of rotatable bonds is 5. The largest absolute Gasteiger partial charge is 0.433 e. The molecule has 0 aliphatic heterocycles. The second-order valence-corrected chi connectivity index (χ2v) is 10.6. The van der Waals surface area contributed by atoms with Gasteiger partial charge in [-0.25, -0.2) is 17.2 Å². The Morgan fingerprint density at radius 2 is 1.76 bits per heavy atom. The van der Waals surface area contributed by atoms with Crippen LogP contribution in [0.5, 0.6) is 0 Å². The molecule has 3 rings (SSSR count). The summed E-state index contributed by atoms with van der Waals surface area (Å²) in [5, 5.41) is 2.50. The van der Waals surface area contributed by atoms with Crippen LogP contribution in [0.1, 0.15) is 47.3 Å². The lowest BCUT2D eigenvalue weighted by Crippen LogP contribution is -2.45. The SMILES string of the molecule is CS(=O)(=O)c1ccc(C(=O)NCC2(c3ccc(C(F)(F)F)nc3)CCC(F)(F)CC2)c(Cl)c1. The zero-order chi connectivity index (χ0) is 24.7. The van der Waals surface area contributed by atoms with Crippen molar-refractivity contribution in [2.45, 2.75) is 48.1 Å². The number of hydrogen-bond donors (Lipinski definition) is 1. The van der Waals surface area contributed by atoms with Gasteiger partial charge < -0.3 is 5.32 Å². The summed E-state index contributed by atoms with van der Waals surface area (Å²) in [7, 11) is -3.54. The molecule has 12 heteroatoms. The Labute approximate surface area is 192 Å². The van der Waals surface area contributed by atoms with E-state index in [1.54, 1.807) is 0 Å². The van der Waals surface area contributed by atoms with Crippen molar-refractivity contribution in [3.8, 4) is 0 Å². The number of benzene rings is 1. The van der Waals surface area contributed by atoms with E-state index in [1.807, 2.05) is 0 Å². The van der Waals surface area contributed by atoms with E-state index in [2.05, 4.69) is 10.3 Å². The van der Waals surface area contributed by atoms with E-state index in [1.165, 1.54) is 18.2 Å². The average Bonchev–Trinajstić information content (AvgIpc) is 2.72. The molecule has 0 spiro atoms. The van der Waals surface area contributed by atoms with Gasteiger partial charge in [-0.15, -0.1) is 0 Å². The Balaban J connectivity index is 1.85. The van der Waals surface area contributed by atoms with Crippen molar-refractivity contribution in [2.75, 3.05) is 12.8 Å². The average molecular weight is 511 g/mol. The zero-order valence-electron chi connectivity index (χ0n) is 17.3. The van der Waals surface area contributed by atoms with Crippen molar-refractivity contribution >= 4 is 27.3 Å². The van der Waals surface area contributed by atoms with E-state index >= 15 is 0 Å². The van der Waals surface area contributed by atoms with Gasteiger partial charge in [-0.3, -0.25) is 9.78 Å². The summed E-state index contributed by atoms with van der Waals surface area (Å²) in [5.41, 5.74) is -1.87. The van der Waals surface area contributed by atoms with Gasteiger partial charge in [-0.1, -0.05) is 17.7 Å². The Hall–Kier alpha value is -2.27. The third-order valence-electron chi connectivity index (χ3n) is 5.81. The Bertz CT molecular complexity index is 1140. The molecule has 0 bridgehead atoms. The molecule has 1 heterocycles. The first-order valence-electron chi connectivity index (χ1n) is 9.82. The number of nitrogens with zero attached hydrogens (tertiary/aromatic N) is 1. The summed E-state index contributed by atoms with van der Waals surface area (Å²) in [5.74, 6) is -3.57. The van der Waals surface area contributed by atoms with Gasteiger partial charge in [0.15, 0.2) is 9.84 Å². The molecule has 1 aliphatic rings. The summed E-state index contributed by atoms with van der Waals surface area (Å²) < 4.78 is 89.5. The van der Waals surface area contributed by atoms with Crippen molar-refractivity contribution in [1.29, 1.82) is 0 Å². The van der Waals surface area contributed by atoms with Crippen molar-refractivity contribution < 1.29 is 35.2 Å². The van der Waals surface area contributed by atoms with Gasteiger partial charge in [0.05, 0.1) is 15.5 Å². The molecular formula is C21H20ClF5N2O3S. The van der Waals surface area contributed by atoms with Crippen LogP contribution in [0.2, 0.25) is 5.02 Å². The molecule has 1 N–H and O–H groups in total. The smallest absolute Gasteiger partial charge is 0.351 e. The third kappa shape index (κ3) is 5.81. The van der Waals surface area contributed by atoms with E-state index in [0.29, 0.717) is 5.56 Å². The maximum absolute atomic E-state index is 13.8. The molecule has 180 valence electrons. The molecule has 33 heavy (non-hydrogen) atoms. The number of carbonyl (C=O) groups excluding carboxylic acids is 1. The van der Waals surface area contributed by atoms with Crippen LogP contribution in [-0.2, 0) is 21.4 Å². The number of sulfone groups is 1. The first kappa shape index (κ1) is 25.4. The maximum atomic E-state index is 13.8.